The summed E-state index contributed by atoms with van der Waals surface area (Å²) in [6.07, 6.45) is 0. The quantitative estimate of drug-likeness (QED) is 0.903. The largest absolute Gasteiger partial charge is 0.379 e. The van der Waals surface area contributed by atoms with Crippen LogP contribution in [0.4, 0.5) is 4.39 Å². The Morgan fingerprint density at radius 2 is 2.04 bits per heavy atom. The summed E-state index contributed by atoms with van der Waals surface area (Å²) in [5, 5.41) is 2.96. The number of carbonyl (C=O) groups is 1. The van der Waals surface area contributed by atoms with E-state index in [1.807, 2.05) is 24.0 Å². The summed E-state index contributed by atoms with van der Waals surface area (Å²) >= 11 is 1.65. The molecule has 1 fully saturated rings. The molecule has 1 unspecified atom stereocenters. The second-order valence-corrected chi connectivity index (χ2v) is 7.18. The van der Waals surface area contributed by atoms with Crippen molar-refractivity contribution < 1.29 is 13.9 Å². The first kappa shape index (κ1) is 17.1. The highest BCUT2D eigenvalue weighted by Gasteiger charge is 2.30. The molecule has 1 amide bonds. The van der Waals surface area contributed by atoms with Crippen molar-refractivity contribution in [1.82, 2.24) is 10.2 Å². The first-order valence-electron chi connectivity index (χ1n) is 8.04. The number of benzene rings is 1. The molecule has 0 aliphatic carbocycles. The van der Waals surface area contributed by atoms with Gasteiger partial charge < -0.3 is 10.1 Å². The molecule has 0 bridgehead atoms. The Hall–Kier alpha value is -1.76. The molecule has 128 valence electrons. The Morgan fingerprint density at radius 3 is 2.71 bits per heavy atom. The van der Waals surface area contributed by atoms with E-state index >= 15 is 0 Å². The topological polar surface area (TPSA) is 41.6 Å². The average molecular weight is 348 g/mol. The lowest BCUT2D eigenvalue weighted by molar-refractivity contribution is -0.128. The van der Waals surface area contributed by atoms with Gasteiger partial charge in [-0.1, -0.05) is 18.2 Å². The third-order valence-electron chi connectivity index (χ3n) is 4.09. The third kappa shape index (κ3) is 4.01. The molecule has 1 aliphatic rings. The van der Waals surface area contributed by atoms with Gasteiger partial charge in [0.05, 0.1) is 19.8 Å². The number of amides is 1. The number of halogens is 1. The van der Waals surface area contributed by atoms with Crippen molar-refractivity contribution >= 4 is 17.2 Å². The summed E-state index contributed by atoms with van der Waals surface area (Å²) in [7, 11) is 0. The number of hydrogen-bond donors (Lipinski definition) is 1. The molecule has 0 spiro atoms. The fourth-order valence-electron chi connectivity index (χ4n) is 2.89. The molecule has 2 aromatic rings. The van der Waals surface area contributed by atoms with Crippen molar-refractivity contribution in [1.29, 1.82) is 0 Å². The molecule has 1 aromatic carbocycles. The van der Waals surface area contributed by atoms with E-state index in [9.17, 15) is 9.18 Å². The minimum atomic E-state index is -0.629. The molecular weight excluding hydrogens is 327 g/mol. The van der Waals surface area contributed by atoms with Crippen LogP contribution in [0.2, 0.25) is 0 Å². The maximum absolute atomic E-state index is 14.3. The van der Waals surface area contributed by atoms with Crippen molar-refractivity contribution in [2.75, 3.05) is 26.3 Å². The van der Waals surface area contributed by atoms with Crippen LogP contribution in [0, 0.1) is 12.7 Å². The van der Waals surface area contributed by atoms with Gasteiger partial charge >= 0.3 is 0 Å². The van der Waals surface area contributed by atoms with E-state index in [0.29, 0.717) is 38.4 Å². The Balaban J connectivity index is 1.78. The maximum Gasteiger partial charge on any atom is 0.242 e. The number of morpholine rings is 1. The van der Waals surface area contributed by atoms with Crippen LogP contribution in [0.3, 0.4) is 0 Å². The lowest BCUT2D eigenvalue weighted by Gasteiger charge is -2.33. The molecule has 4 nitrogen and oxygen atoms in total. The van der Waals surface area contributed by atoms with E-state index in [-0.39, 0.29) is 11.7 Å². The molecule has 1 N–H and O–H groups in total. The molecule has 0 saturated carbocycles. The standard InChI is InChI=1S/C18H21FN2O2S/c1-13-6-7-14(24-13)12-20-18(22)17(21-8-10-23-11-9-21)15-4-2-3-5-16(15)19/h2-7,17H,8-12H2,1H3,(H,20,22). The lowest BCUT2D eigenvalue weighted by atomic mass is 10.0. The second-order valence-electron chi connectivity index (χ2n) is 5.80. The van der Waals surface area contributed by atoms with Crippen molar-refractivity contribution in [3.05, 3.63) is 57.5 Å². The van der Waals surface area contributed by atoms with Gasteiger partial charge in [-0.25, -0.2) is 4.39 Å². The van der Waals surface area contributed by atoms with Gasteiger partial charge in [0.25, 0.3) is 0 Å². The number of rotatable bonds is 5. The van der Waals surface area contributed by atoms with Gasteiger partial charge in [0.2, 0.25) is 5.91 Å². The van der Waals surface area contributed by atoms with Crippen LogP contribution in [-0.2, 0) is 16.1 Å². The number of aryl methyl sites for hydroxylation is 1. The summed E-state index contributed by atoms with van der Waals surface area (Å²) in [5.41, 5.74) is 0.416. The maximum atomic E-state index is 14.3. The molecule has 1 aromatic heterocycles. The van der Waals surface area contributed by atoms with Gasteiger partial charge in [-0.3, -0.25) is 9.69 Å². The first-order valence-corrected chi connectivity index (χ1v) is 8.86. The Kier molecular flexibility index (Phi) is 5.60. The third-order valence-corrected chi connectivity index (χ3v) is 5.09. The average Bonchev–Trinajstić information content (AvgIpc) is 3.01. The van der Waals surface area contributed by atoms with E-state index in [0.717, 1.165) is 4.88 Å². The Morgan fingerprint density at radius 1 is 1.29 bits per heavy atom. The Labute approximate surface area is 145 Å². The van der Waals surface area contributed by atoms with Gasteiger partial charge in [-0.15, -0.1) is 11.3 Å². The molecule has 1 saturated heterocycles. The van der Waals surface area contributed by atoms with Crippen molar-refractivity contribution in [3.63, 3.8) is 0 Å². The number of thiophene rings is 1. The minimum Gasteiger partial charge on any atom is -0.379 e. The zero-order chi connectivity index (χ0) is 16.9. The minimum absolute atomic E-state index is 0.173. The van der Waals surface area contributed by atoms with E-state index < -0.39 is 6.04 Å². The van der Waals surface area contributed by atoms with E-state index in [4.69, 9.17) is 4.74 Å². The predicted octanol–water partition coefficient (Wildman–Crippen LogP) is 2.89. The smallest absolute Gasteiger partial charge is 0.242 e. The summed E-state index contributed by atoms with van der Waals surface area (Å²) in [6.45, 7) is 4.85. The zero-order valence-corrected chi connectivity index (χ0v) is 14.4. The van der Waals surface area contributed by atoms with E-state index in [1.54, 1.807) is 29.5 Å². The van der Waals surface area contributed by atoms with E-state index in [1.165, 1.54) is 10.9 Å². The number of hydrogen-bond acceptors (Lipinski definition) is 4. The first-order chi connectivity index (χ1) is 11.6. The van der Waals surface area contributed by atoms with Gasteiger partial charge in [-0.2, -0.15) is 0 Å². The van der Waals surface area contributed by atoms with Gasteiger partial charge in [0, 0.05) is 28.4 Å². The molecule has 2 heterocycles. The van der Waals surface area contributed by atoms with Crippen LogP contribution in [0.1, 0.15) is 21.4 Å². The van der Waals surface area contributed by atoms with Crippen LogP contribution in [0.25, 0.3) is 0 Å². The SMILES string of the molecule is Cc1ccc(CNC(=O)C(c2ccccc2F)N2CCOCC2)s1. The zero-order valence-electron chi connectivity index (χ0n) is 13.6. The molecule has 3 rings (SSSR count). The van der Waals surface area contributed by atoms with Crippen molar-refractivity contribution in [3.8, 4) is 0 Å². The van der Waals surface area contributed by atoms with E-state index in [2.05, 4.69) is 5.32 Å². The van der Waals surface area contributed by atoms with Crippen molar-refractivity contribution in [2.24, 2.45) is 0 Å². The van der Waals surface area contributed by atoms with Gasteiger partial charge in [0.15, 0.2) is 0 Å². The molecule has 24 heavy (non-hydrogen) atoms. The molecule has 6 heteroatoms. The highest BCUT2D eigenvalue weighted by molar-refractivity contribution is 7.11. The molecule has 0 radical (unpaired) electrons. The van der Waals surface area contributed by atoms with Crippen LogP contribution in [0.15, 0.2) is 36.4 Å². The highest BCUT2D eigenvalue weighted by atomic mass is 32.1. The number of nitrogens with one attached hydrogen (secondary N) is 1. The number of ether oxygens (including phenoxy) is 1. The number of nitrogens with zero attached hydrogens (tertiary/aromatic N) is 1. The fraction of sp³-hybridized carbons (Fsp3) is 0.389. The van der Waals surface area contributed by atoms with Crippen LogP contribution in [-0.4, -0.2) is 37.1 Å². The van der Waals surface area contributed by atoms with Crippen LogP contribution >= 0.6 is 11.3 Å². The lowest BCUT2D eigenvalue weighted by Crippen LogP contribution is -2.45. The van der Waals surface area contributed by atoms with Crippen molar-refractivity contribution in [2.45, 2.75) is 19.5 Å². The second kappa shape index (κ2) is 7.88. The summed E-state index contributed by atoms with van der Waals surface area (Å²) in [5.74, 6) is -0.524. The monoisotopic (exact) mass is 348 g/mol. The summed E-state index contributed by atoms with van der Waals surface area (Å²) in [6, 6.07) is 9.90. The van der Waals surface area contributed by atoms with Crippen LogP contribution < -0.4 is 5.32 Å². The molecular formula is C18H21FN2O2S. The Bertz CT molecular complexity index is 698. The van der Waals surface area contributed by atoms with Crippen LogP contribution in [0.5, 0.6) is 0 Å². The predicted molar refractivity (Wildman–Crippen MR) is 92.4 cm³/mol. The van der Waals surface area contributed by atoms with Gasteiger partial charge in [-0.05, 0) is 25.1 Å². The van der Waals surface area contributed by atoms with Gasteiger partial charge in [0.1, 0.15) is 11.9 Å². The summed E-state index contributed by atoms with van der Waals surface area (Å²) < 4.78 is 19.6. The number of carbonyl (C=O) groups excluding carboxylic acids is 1. The highest BCUT2D eigenvalue weighted by Crippen LogP contribution is 2.25. The normalized spacial score (nSPS) is 16.8. The molecule has 1 atom stereocenters. The molecule has 1 aliphatic heterocycles. The fourth-order valence-corrected chi connectivity index (χ4v) is 3.72. The summed E-state index contributed by atoms with van der Waals surface area (Å²) in [4.78, 5) is 17.1.